The van der Waals surface area contributed by atoms with Crippen LogP contribution in [0.3, 0.4) is 0 Å². The van der Waals surface area contributed by atoms with E-state index in [0.717, 1.165) is 23.8 Å². The Morgan fingerprint density at radius 3 is 1.88 bits per heavy atom. The Balaban J connectivity index is 1.95. The maximum Gasteiger partial charge on any atom is 0.211 e. The fraction of sp³-hybridized carbons (Fsp3) is 0.0588. The second-order valence-corrected chi connectivity index (χ2v) is 8.80. The lowest BCUT2D eigenvalue weighted by atomic mass is 9.66. The van der Waals surface area contributed by atoms with Crippen LogP contribution in [0.5, 0.6) is 0 Å². The van der Waals surface area contributed by atoms with Gasteiger partial charge in [-0.2, -0.15) is 11.3 Å². The summed E-state index contributed by atoms with van der Waals surface area (Å²) in [5.41, 5.74) is 3.36. The molecule has 0 bridgehead atoms. The molecule has 0 atom stereocenters. The monoisotopic (exact) mass is 384 g/mol. The highest BCUT2D eigenvalue weighted by atomic mass is 32.2. The standard InChI is InChI=1S/C17H13BN2S4/c1-21-17-19-15(11-5-2-8-22-11)14(18-13-7-4-10-24-13)16(20-17)12-6-3-9-23-12/h2-10,18H,1H3. The predicted molar refractivity (Wildman–Crippen MR) is 111 cm³/mol. The van der Waals surface area contributed by atoms with Crippen LogP contribution in [0, 0.1) is 0 Å². The zero-order valence-electron chi connectivity index (χ0n) is 12.9. The van der Waals surface area contributed by atoms with Gasteiger partial charge in [0.15, 0.2) is 5.16 Å². The average Bonchev–Trinajstić information content (AvgIpc) is 3.37. The number of hydrogen-bond acceptors (Lipinski definition) is 6. The minimum atomic E-state index is 0.830. The van der Waals surface area contributed by atoms with Gasteiger partial charge in [-0.15, -0.1) is 22.7 Å². The van der Waals surface area contributed by atoms with E-state index in [2.05, 4.69) is 52.5 Å². The third-order valence-corrected chi connectivity index (χ3v) is 6.79. The molecular weight excluding hydrogens is 371 g/mol. The van der Waals surface area contributed by atoms with E-state index < -0.39 is 0 Å². The Hall–Kier alpha value is -1.41. The molecule has 0 fully saturated rings. The maximum atomic E-state index is 4.86. The third-order valence-electron chi connectivity index (χ3n) is 3.61. The molecule has 0 aliphatic rings. The molecule has 2 nitrogen and oxygen atoms in total. The van der Waals surface area contributed by atoms with Crippen molar-refractivity contribution in [3.8, 4) is 21.1 Å². The first-order valence-electron chi connectivity index (χ1n) is 7.40. The van der Waals surface area contributed by atoms with E-state index in [0.29, 0.717) is 0 Å². The molecule has 118 valence electrons. The smallest absolute Gasteiger partial charge is 0.211 e. The van der Waals surface area contributed by atoms with Crippen LogP contribution in [0.25, 0.3) is 21.1 Å². The van der Waals surface area contributed by atoms with Gasteiger partial charge in [-0.3, -0.25) is 0 Å². The second-order valence-electron chi connectivity index (χ2n) is 5.10. The second kappa shape index (κ2) is 7.23. The van der Waals surface area contributed by atoms with Crippen LogP contribution < -0.4 is 10.2 Å². The molecule has 0 amide bonds. The summed E-state index contributed by atoms with van der Waals surface area (Å²) in [6, 6.07) is 12.7. The molecule has 4 aromatic rings. The Kier molecular flexibility index (Phi) is 4.84. The van der Waals surface area contributed by atoms with E-state index in [-0.39, 0.29) is 0 Å². The highest BCUT2D eigenvalue weighted by molar-refractivity contribution is 7.98. The quantitative estimate of drug-likeness (QED) is 0.294. The van der Waals surface area contributed by atoms with E-state index in [1.165, 1.54) is 20.0 Å². The summed E-state index contributed by atoms with van der Waals surface area (Å²) < 4.78 is 1.34. The fourth-order valence-electron chi connectivity index (χ4n) is 2.54. The normalized spacial score (nSPS) is 10.9. The lowest BCUT2D eigenvalue weighted by Gasteiger charge is -2.12. The highest BCUT2D eigenvalue weighted by Crippen LogP contribution is 2.29. The van der Waals surface area contributed by atoms with Crippen molar-refractivity contribution in [3.63, 3.8) is 0 Å². The number of nitrogens with zero attached hydrogens (tertiary/aromatic N) is 2. The molecule has 7 heteroatoms. The summed E-state index contributed by atoms with van der Waals surface area (Å²) in [6.45, 7) is 0. The van der Waals surface area contributed by atoms with Gasteiger partial charge in [0.2, 0.25) is 7.28 Å². The van der Waals surface area contributed by atoms with Gasteiger partial charge in [-0.05, 0) is 44.8 Å². The first-order valence-corrected chi connectivity index (χ1v) is 11.3. The summed E-state index contributed by atoms with van der Waals surface area (Å²) in [4.78, 5) is 12.1. The molecule has 0 spiro atoms. The number of hydrogen-bond donors (Lipinski definition) is 0. The molecule has 4 rings (SSSR count). The molecule has 24 heavy (non-hydrogen) atoms. The minimum absolute atomic E-state index is 0.830. The van der Waals surface area contributed by atoms with Crippen LogP contribution in [0.2, 0.25) is 0 Å². The van der Waals surface area contributed by atoms with Crippen molar-refractivity contribution in [2.75, 3.05) is 6.26 Å². The van der Waals surface area contributed by atoms with E-state index >= 15 is 0 Å². The van der Waals surface area contributed by atoms with Crippen molar-refractivity contribution in [2.45, 2.75) is 5.16 Å². The minimum Gasteiger partial charge on any atom is -0.222 e. The molecule has 0 aliphatic carbocycles. The highest BCUT2D eigenvalue weighted by Gasteiger charge is 2.20. The molecule has 0 aliphatic heterocycles. The predicted octanol–water partition coefficient (Wildman–Crippen LogP) is 4.10. The first kappa shape index (κ1) is 16.1. The number of thioether (sulfide) groups is 1. The van der Waals surface area contributed by atoms with Crippen LogP contribution >= 0.6 is 45.8 Å². The Bertz CT molecular complexity index is 861. The molecule has 4 heterocycles. The number of aromatic nitrogens is 2. The molecule has 4 aromatic heterocycles. The molecule has 0 saturated carbocycles. The number of rotatable bonds is 5. The lowest BCUT2D eigenvalue weighted by molar-refractivity contribution is 0.994. The van der Waals surface area contributed by atoms with Crippen LogP contribution in [0.4, 0.5) is 0 Å². The topological polar surface area (TPSA) is 25.8 Å². The molecule has 0 unspecified atom stereocenters. The van der Waals surface area contributed by atoms with Gasteiger partial charge in [-0.25, -0.2) is 9.97 Å². The lowest BCUT2D eigenvalue weighted by Crippen LogP contribution is -2.30. The van der Waals surface area contributed by atoms with Gasteiger partial charge in [0.25, 0.3) is 0 Å². The summed E-state index contributed by atoms with van der Waals surface area (Å²) in [6.07, 6.45) is 2.03. The molecule has 0 saturated heterocycles. The van der Waals surface area contributed by atoms with E-state index in [1.807, 2.05) is 6.26 Å². The molecule has 0 radical (unpaired) electrons. The van der Waals surface area contributed by atoms with Gasteiger partial charge in [0, 0.05) is 0 Å². The van der Waals surface area contributed by atoms with Crippen molar-refractivity contribution < 1.29 is 0 Å². The summed E-state index contributed by atoms with van der Waals surface area (Å²) >= 11 is 6.85. The number of thiophene rings is 3. The van der Waals surface area contributed by atoms with Gasteiger partial charge in [-0.1, -0.05) is 36.0 Å². The van der Waals surface area contributed by atoms with Crippen molar-refractivity contribution in [1.82, 2.24) is 9.97 Å². The van der Waals surface area contributed by atoms with E-state index in [4.69, 9.17) is 9.97 Å². The van der Waals surface area contributed by atoms with Crippen molar-refractivity contribution in [1.29, 1.82) is 0 Å². The summed E-state index contributed by atoms with van der Waals surface area (Å²) in [5.74, 6) is 0. The molecule has 0 N–H and O–H groups in total. The summed E-state index contributed by atoms with van der Waals surface area (Å²) in [5, 5.41) is 7.17. The van der Waals surface area contributed by atoms with Gasteiger partial charge in [0.05, 0.1) is 21.1 Å². The largest absolute Gasteiger partial charge is 0.222 e. The van der Waals surface area contributed by atoms with Gasteiger partial charge in [0.1, 0.15) is 0 Å². The molecular formula is C17H13BN2S4. The zero-order chi connectivity index (χ0) is 16.4. The third kappa shape index (κ3) is 3.21. The van der Waals surface area contributed by atoms with Gasteiger partial charge >= 0.3 is 0 Å². The maximum absolute atomic E-state index is 4.86. The van der Waals surface area contributed by atoms with Gasteiger partial charge < -0.3 is 0 Å². The van der Waals surface area contributed by atoms with Crippen LogP contribution in [-0.4, -0.2) is 23.5 Å². The zero-order valence-corrected chi connectivity index (χ0v) is 16.2. The fourth-order valence-corrected chi connectivity index (χ4v) is 5.11. The first-order chi connectivity index (χ1) is 11.8. The Labute approximate surface area is 157 Å². The molecule has 0 aromatic carbocycles. The van der Waals surface area contributed by atoms with Crippen molar-refractivity contribution in [3.05, 3.63) is 52.5 Å². The van der Waals surface area contributed by atoms with Crippen LogP contribution in [-0.2, 0) is 0 Å². The Morgan fingerprint density at radius 1 is 0.833 bits per heavy atom. The summed E-state index contributed by atoms with van der Waals surface area (Å²) in [7, 11) is 0.868. The van der Waals surface area contributed by atoms with Crippen LogP contribution in [0.1, 0.15) is 0 Å². The van der Waals surface area contributed by atoms with E-state index in [9.17, 15) is 0 Å². The SMILES string of the molecule is CSc1nc(-c2cccs2)c(Bc2cccs2)c(-c2cccs2)n1. The van der Waals surface area contributed by atoms with Crippen molar-refractivity contribution >= 4 is 63.3 Å². The Morgan fingerprint density at radius 2 is 1.42 bits per heavy atom. The van der Waals surface area contributed by atoms with E-state index in [1.54, 1.807) is 45.8 Å². The average molecular weight is 384 g/mol. The van der Waals surface area contributed by atoms with Crippen molar-refractivity contribution in [2.24, 2.45) is 0 Å². The van der Waals surface area contributed by atoms with Crippen LogP contribution in [0.15, 0.2) is 57.7 Å².